The first-order chi connectivity index (χ1) is 18.5. The molecule has 2 rings (SSSR count). The van der Waals surface area contributed by atoms with Crippen molar-refractivity contribution in [3.8, 4) is 0 Å². The number of rotatable bonds is 10. The Morgan fingerprint density at radius 3 is 2.10 bits per heavy atom. The van der Waals surface area contributed by atoms with Crippen LogP contribution in [0.15, 0.2) is 36.4 Å². The van der Waals surface area contributed by atoms with Gasteiger partial charge < -0.3 is 20.3 Å². The van der Waals surface area contributed by atoms with Gasteiger partial charge in [-0.25, -0.2) is 4.79 Å². The Bertz CT molecular complexity index is 1180. The molecule has 2 N–H and O–H groups in total. The summed E-state index contributed by atoms with van der Waals surface area (Å²) in [6.45, 7) is 18.9. The van der Waals surface area contributed by atoms with Crippen molar-refractivity contribution < 1.29 is 19.1 Å². The van der Waals surface area contributed by atoms with Crippen LogP contribution in [0.25, 0.3) is 0 Å². The van der Waals surface area contributed by atoms with Crippen LogP contribution >= 0.6 is 11.6 Å². The first kappa shape index (κ1) is 33.1. The minimum atomic E-state index is -0.965. The van der Waals surface area contributed by atoms with Crippen LogP contribution < -0.4 is 10.6 Å². The minimum Gasteiger partial charge on any atom is -0.444 e. The van der Waals surface area contributed by atoms with E-state index in [1.165, 1.54) is 0 Å². The Morgan fingerprint density at radius 1 is 0.925 bits per heavy atom. The summed E-state index contributed by atoms with van der Waals surface area (Å²) in [5.74, 6) is -0.339. The smallest absolute Gasteiger partial charge is 0.408 e. The molecule has 0 aliphatic heterocycles. The van der Waals surface area contributed by atoms with E-state index in [0.29, 0.717) is 23.0 Å². The van der Waals surface area contributed by atoms with Gasteiger partial charge in [0.1, 0.15) is 17.7 Å². The highest BCUT2D eigenvalue weighted by atomic mass is 35.5. The van der Waals surface area contributed by atoms with Crippen molar-refractivity contribution in [1.29, 1.82) is 0 Å². The number of alkyl carbamates (subject to hydrolysis) is 1. The van der Waals surface area contributed by atoms with Crippen LogP contribution in [-0.2, 0) is 14.3 Å². The van der Waals surface area contributed by atoms with Gasteiger partial charge in [0.15, 0.2) is 0 Å². The average Bonchev–Trinajstić information content (AvgIpc) is 2.83. The van der Waals surface area contributed by atoms with Gasteiger partial charge in [0.05, 0.1) is 10.7 Å². The number of para-hydroxylation sites is 1. The van der Waals surface area contributed by atoms with Crippen molar-refractivity contribution >= 4 is 35.2 Å². The van der Waals surface area contributed by atoms with E-state index >= 15 is 0 Å². The molecule has 0 radical (unpaired) electrons. The molecule has 3 amide bonds. The van der Waals surface area contributed by atoms with Crippen molar-refractivity contribution in [2.75, 3.05) is 5.32 Å². The number of carbonyl (C=O) groups is 3. The molecule has 0 aromatic heterocycles. The van der Waals surface area contributed by atoms with E-state index in [4.69, 9.17) is 16.3 Å². The number of nitrogens with one attached hydrogen (secondary N) is 2. The molecule has 220 valence electrons. The molecule has 0 saturated carbocycles. The summed E-state index contributed by atoms with van der Waals surface area (Å²) in [5, 5.41) is 6.10. The van der Waals surface area contributed by atoms with Crippen LogP contribution in [0, 0.1) is 26.7 Å². The van der Waals surface area contributed by atoms with Gasteiger partial charge in [-0.3, -0.25) is 9.59 Å². The number of amides is 3. The molecule has 2 aromatic carbocycles. The van der Waals surface area contributed by atoms with Crippen LogP contribution in [-0.4, -0.2) is 40.5 Å². The summed E-state index contributed by atoms with van der Waals surface area (Å²) >= 11 is 6.47. The van der Waals surface area contributed by atoms with Crippen molar-refractivity contribution in [1.82, 2.24) is 10.2 Å². The number of halogens is 1. The quantitative estimate of drug-likeness (QED) is 0.309. The minimum absolute atomic E-state index is 0.305. The average molecular weight is 572 g/mol. The number of benzene rings is 2. The molecule has 0 fully saturated rings. The largest absolute Gasteiger partial charge is 0.444 e. The van der Waals surface area contributed by atoms with E-state index in [0.717, 1.165) is 28.7 Å². The van der Waals surface area contributed by atoms with Gasteiger partial charge >= 0.3 is 6.09 Å². The van der Waals surface area contributed by atoms with E-state index in [-0.39, 0.29) is 17.9 Å². The number of hydrogen-bond acceptors (Lipinski definition) is 4. The summed E-state index contributed by atoms with van der Waals surface area (Å²) in [7, 11) is 0. The predicted molar refractivity (Wildman–Crippen MR) is 163 cm³/mol. The second kappa shape index (κ2) is 14.0. The Kier molecular flexibility index (Phi) is 11.6. The molecule has 3 atom stereocenters. The fourth-order valence-corrected chi connectivity index (χ4v) is 4.82. The fourth-order valence-electron chi connectivity index (χ4n) is 4.55. The zero-order chi connectivity index (χ0) is 30.4. The van der Waals surface area contributed by atoms with Gasteiger partial charge in [-0.1, -0.05) is 55.8 Å². The van der Waals surface area contributed by atoms with E-state index < -0.39 is 23.8 Å². The standard InChI is InChI=1S/C32H46ClN3O4/c1-19(2)17-18-22(5)36(30(38)24(7)34-31(39)40-32(8,9)10)28(25-15-11-13-20(3)23(25)6)29(37)35-27-21(4)14-12-16-26(27)33/h11-16,19,22,24,28H,17-18H2,1-10H3,(H,34,39)(H,35,37). The summed E-state index contributed by atoms with van der Waals surface area (Å²) in [6.07, 6.45) is 0.855. The summed E-state index contributed by atoms with van der Waals surface area (Å²) < 4.78 is 5.40. The molecule has 7 nitrogen and oxygen atoms in total. The van der Waals surface area contributed by atoms with Crippen molar-refractivity contribution in [2.24, 2.45) is 5.92 Å². The Hall–Kier alpha value is -3.06. The first-order valence-corrected chi connectivity index (χ1v) is 14.3. The SMILES string of the molecule is Cc1cccc(C(C(=O)Nc2c(C)cccc2Cl)N(C(=O)C(C)NC(=O)OC(C)(C)C)C(C)CCC(C)C)c1C. The van der Waals surface area contributed by atoms with Crippen molar-refractivity contribution in [2.45, 2.75) is 106 Å². The monoisotopic (exact) mass is 571 g/mol. The van der Waals surface area contributed by atoms with E-state index in [1.807, 2.05) is 58.0 Å². The van der Waals surface area contributed by atoms with Gasteiger partial charge in [-0.05, 0) is 102 Å². The van der Waals surface area contributed by atoms with E-state index in [9.17, 15) is 14.4 Å². The number of aryl methyl sites for hydroxylation is 2. The zero-order valence-corrected chi connectivity index (χ0v) is 26.4. The number of carbonyl (C=O) groups excluding carboxylic acids is 3. The molecule has 0 aliphatic carbocycles. The molecular weight excluding hydrogens is 526 g/mol. The molecule has 0 heterocycles. The fraction of sp³-hybridized carbons (Fsp3) is 0.531. The van der Waals surface area contributed by atoms with Crippen LogP contribution in [0.2, 0.25) is 5.02 Å². The predicted octanol–water partition coefficient (Wildman–Crippen LogP) is 7.51. The second-order valence-corrected chi connectivity index (χ2v) is 12.5. The lowest BCUT2D eigenvalue weighted by Gasteiger charge is -2.39. The lowest BCUT2D eigenvalue weighted by molar-refractivity contribution is -0.143. The van der Waals surface area contributed by atoms with Crippen LogP contribution in [0.1, 0.15) is 89.6 Å². The number of ether oxygens (including phenoxy) is 1. The summed E-state index contributed by atoms with van der Waals surface area (Å²) in [5.41, 5.74) is 3.24. The molecule has 0 saturated heterocycles. The number of nitrogens with zero attached hydrogens (tertiary/aromatic N) is 1. The molecule has 3 unspecified atom stereocenters. The summed E-state index contributed by atoms with van der Waals surface area (Å²) in [4.78, 5) is 42.6. The molecule has 8 heteroatoms. The third-order valence-electron chi connectivity index (χ3n) is 6.93. The van der Waals surface area contributed by atoms with Gasteiger partial charge in [0.25, 0.3) is 5.91 Å². The Labute approximate surface area is 245 Å². The third-order valence-corrected chi connectivity index (χ3v) is 7.25. The number of hydrogen-bond donors (Lipinski definition) is 2. The molecule has 2 aromatic rings. The topological polar surface area (TPSA) is 87.7 Å². The molecule has 40 heavy (non-hydrogen) atoms. The number of anilines is 1. The molecule has 0 bridgehead atoms. The summed E-state index contributed by atoms with van der Waals surface area (Å²) in [6, 6.07) is 8.97. The van der Waals surface area contributed by atoms with Crippen molar-refractivity contribution in [3.05, 3.63) is 63.7 Å². The van der Waals surface area contributed by atoms with E-state index in [1.54, 1.807) is 38.7 Å². The third kappa shape index (κ3) is 8.98. The lowest BCUT2D eigenvalue weighted by Crippen LogP contribution is -2.54. The van der Waals surface area contributed by atoms with Gasteiger partial charge in [0.2, 0.25) is 5.91 Å². The Morgan fingerprint density at radius 2 is 1.52 bits per heavy atom. The molecule has 0 aliphatic rings. The van der Waals surface area contributed by atoms with Crippen molar-refractivity contribution in [3.63, 3.8) is 0 Å². The Balaban J connectivity index is 2.63. The highest BCUT2D eigenvalue weighted by Crippen LogP contribution is 2.33. The first-order valence-electron chi connectivity index (χ1n) is 14.0. The maximum atomic E-state index is 14.2. The second-order valence-electron chi connectivity index (χ2n) is 12.0. The van der Waals surface area contributed by atoms with Crippen LogP contribution in [0.3, 0.4) is 0 Å². The van der Waals surface area contributed by atoms with Crippen LogP contribution in [0.4, 0.5) is 10.5 Å². The van der Waals surface area contributed by atoms with Crippen LogP contribution in [0.5, 0.6) is 0 Å². The van der Waals surface area contributed by atoms with Gasteiger partial charge in [0, 0.05) is 6.04 Å². The van der Waals surface area contributed by atoms with Gasteiger partial charge in [-0.2, -0.15) is 0 Å². The normalized spacial score (nSPS) is 13.8. The van der Waals surface area contributed by atoms with Gasteiger partial charge in [-0.15, -0.1) is 0 Å². The molecule has 0 spiro atoms. The highest BCUT2D eigenvalue weighted by molar-refractivity contribution is 6.34. The maximum Gasteiger partial charge on any atom is 0.408 e. The molecular formula is C32H46ClN3O4. The maximum absolute atomic E-state index is 14.2. The lowest BCUT2D eigenvalue weighted by atomic mass is 9.92. The highest BCUT2D eigenvalue weighted by Gasteiger charge is 2.38. The zero-order valence-electron chi connectivity index (χ0n) is 25.6. The van der Waals surface area contributed by atoms with E-state index in [2.05, 4.69) is 24.5 Å².